The number of carbonyl (C=O) groups excluding carboxylic acids is 6. The van der Waals surface area contributed by atoms with Crippen LogP contribution in [0.5, 0.6) is 0 Å². The van der Waals surface area contributed by atoms with Crippen LogP contribution in [-0.4, -0.2) is 156 Å². The molecule has 1 N–H and O–H groups in total. The fraction of sp³-hybridized carbons (Fsp3) is 0.850. The average Bonchev–Trinajstić information content (AvgIpc) is 3.16. The van der Waals surface area contributed by atoms with Crippen LogP contribution in [0.4, 0.5) is 4.39 Å². The maximum absolute atomic E-state index is 13.2. The molecule has 6 unspecified atom stereocenters. The Morgan fingerprint density at radius 2 is 0.754 bits per heavy atom. The Bertz CT molecular complexity index is 1310. The fourth-order valence-corrected chi connectivity index (χ4v) is 9.88. The molecule has 3 saturated heterocycles. The minimum absolute atomic E-state index is 0.0868. The second-order valence-corrected chi connectivity index (χ2v) is 18.4. The number of hydrogen-bond donors (Lipinski definition) is 1. The lowest BCUT2D eigenvalue weighted by Crippen LogP contribution is -2.57. The van der Waals surface area contributed by atoms with Crippen molar-refractivity contribution in [3.05, 3.63) is 0 Å². The lowest BCUT2D eigenvalue weighted by Gasteiger charge is -2.44. The highest BCUT2D eigenvalue weighted by atomic mass is 32.2. The monoisotopic (exact) mass is 934 g/mol. The summed E-state index contributed by atoms with van der Waals surface area (Å²) < 4.78 is 67.3. The molecule has 354 valence electrons. The van der Waals surface area contributed by atoms with Gasteiger partial charge in [0.2, 0.25) is 0 Å². The third-order valence-corrected chi connectivity index (χ3v) is 12.9. The van der Waals surface area contributed by atoms with Crippen LogP contribution in [0.15, 0.2) is 0 Å². The van der Waals surface area contributed by atoms with Gasteiger partial charge in [0.1, 0.15) is 59.6 Å². The van der Waals surface area contributed by atoms with E-state index in [1.165, 1.54) is 53.3 Å². The minimum Gasteiger partial charge on any atom is -0.458 e. The van der Waals surface area contributed by atoms with E-state index in [4.69, 9.17) is 47.4 Å². The van der Waals surface area contributed by atoms with Gasteiger partial charge in [0.05, 0.1) is 13.2 Å². The van der Waals surface area contributed by atoms with E-state index >= 15 is 0 Å². The van der Waals surface area contributed by atoms with Crippen molar-refractivity contribution in [1.82, 2.24) is 0 Å². The normalized spacial score (nSPS) is 33.2. The number of methoxy groups -OCH3 is 1. The Balaban J connectivity index is 0.000000458. The molecule has 15 atom stereocenters. The molecule has 61 heavy (non-hydrogen) atoms. The molecule has 3 aliphatic heterocycles. The van der Waals surface area contributed by atoms with Crippen molar-refractivity contribution in [1.29, 1.82) is 0 Å². The van der Waals surface area contributed by atoms with Crippen LogP contribution >= 0.6 is 35.3 Å². The second kappa shape index (κ2) is 29.1. The number of rotatable bonds is 16. The van der Waals surface area contributed by atoms with Gasteiger partial charge in [-0.05, 0) is 17.3 Å². The quantitative estimate of drug-likeness (QED) is 0.167. The largest absolute Gasteiger partial charge is 0.458 e. The summed E-state index contributed by atoms with van der Waals surface area (Å²) in [7, 11) is 1.55. The molecule has 0 amide bonds. The molecule has 21 heteroatoms. The third-order valence-electron chi connectivity index (χ3n) is 9.31. The predicted molar refractivity (Wildman–Crippen MR) is 226 cm³/mol. The Labute approximate surface area is 371 Å². The molecule has 0 bridgehead atoms. The Morgan fingerprint density at radius 1 is 0.492 bits per heavy atom. The first-order valence-electron chi connectivity index (χ1n) is 20.2. The zero-order valence-electron chi connectivity index (χ0n) is 37.5. The van der Waals surface area contributed by atoms with E-state index in [2.05, 4.69) is 0 Å². The van der Waals surface area contributed by atoms with Crippen LogP contribution in [0, 0.1) is 17.8 Å². The topological polar surface area (TPSA) is 215 Å². The van der Waals surface area contributed by atoms with Crippen molar-refractivity contribution in [3.63, 3.8) is 0 Å². The number of aliphatic hydroxyl groups is 1. The first-order valence-corrected chi connectivity index (χ1v) is 23.4. The molecular weight excluding hydrogens is 868 g/mol. The van der Waals surface area contributed by atoms with Gasteiger partial charge in [-0.1, -0.05) is 41.5 Å². The number of alkyl halides is 1. The summed E-state index contributed by atoms with van der Waals surface area (Å²) in [6.45, 7) is 18.6. The summed E-state index contributed by atoms with van der Waals surface area (Å²) in [6, 6.07) is 0. The van der Waals surface area contributed by atoms with Crippen molar-refractivity contribution in [2.75, 3.05) is 44.3 Å². The summed E-state index contributed by atoms with van der Waals surface area (Å²) in [5.41, 5.74) is -0.642. The van der Waals surface area contributed by atoms with E-state index in [1.807, 2.05) is 41.5 Å². The van der Waals surface area contributed by atoms with E-state index in [0.717, 1.165) is 17.3 Å². The van der Waals surface area contributed by atoms with Crippen LogP contribution in [0.2, 0.25) is 0 Å². The maximum atomic E-state index is 13.2. The van der Waals surface area contributed by atoms with Crippen molar-refractivity contribution >= 4 is 71.1 Å². The number of esters is 6. The van der Waals surface area contributed by atoms with Crippen molar-refractivity contribution < 1.29 is 85.6 Å². The molecule has 0 saturated carbocycles. The molecule has 3 fully saturated rings. The van der Waals surface area contributed by atoms with Gasteiger partial charge in [0, 0.05) is 66.4 Å². The summed E-state index contributed by atoms with van der Waals surface area (Å²) in [6.07, 6.45) is -6.27. The highest BCUT2D eigenvalue weighted by molar-refractivity contribution is 8.00. The number of carbonyl (C=O) groups is 6. The summed E-state index contributed by atoms with van der Waals surface area (Å²) in [4.78, 5) is 67.6. The van der Waals surface area contributed by atoms with Crippen molar-refractivity contribution in [2.45, 2.75) is 154 Å². The molecule has 0 radical (unpaired) electrons. The summed E-state index contributed by atoms with van der Waals surface area (Å²) >= 11 is 4.71. The number of ether oxygens (including phenoxy) is 10. The number of thioether (sulfide) groups is 3. The van der Waals surface area contributed by atoms with Gasteiger partial charge < -0.3 is 52.5 Å². The van der Waals surface area contributed by atoms with Gasteiger partial charge in [-0.3, -0.25) is 28.8 Å². The van der Waals surface area contributed by atoms with E-state index in [0.29, 0.717) is 0 Å². The van der Waals surface area contributed by atoms with E-state index in [1.54, 1.807) is 30.6 Å². The molecule has 0 aromatic carbocycles. The lowest BCUT2D eigenvalue weighted by molar-refractivity contribution is -0.216. The molecule has 0 aromatic rings. The first kappa shape index (κ1) is 56.6. The average molecular weight is 935 g/mol. The third kappa shape index (κ3) is 18.7. The first-order chi connectivity index (χ1) is 28.7. The van der Waals surface area contributed by atoms with Crippen LogP contribution < -0.4 is 0 Å². The van der Waals surface area contributed by atoms with Gasteiger partial charge in [-0.25, -0.2) is 4.39 Å². The molecule has 3 aliphatic rings. The number of hydrogen-bond acceptors (Lipinski definition) is 20. The molecule has 0 aromatic heterocycles. The number of aliphatic hydroxyl groups excluding tert-OH is 1. The second-order valence-electron chi connectivity index (χ2n) is 14.3. The summed E-state index contributed by atoms with van der Waals surface area (Å²) in [5, 5.41) is 9.43. The van der Waals surface area contributed by atoms with Gasteiger partial charge in [-0.15, -0.1) is 35.3 Å². The van der Waals surface area contributed by atoms with Gasteiger partial charge in [0.25, 0.3) is 0 Å². The SMILES string of the molecule is CCSC1OC(CF)[C@@H](OC(C)=O)[C@H](OC(C)=O)[C@@H]1C.CCSC1OC(CO)[C@@H](OC(C)=O)[C@H](OC(C)=O)[C@@H]1C.CCSC1OC(COC)[C@@H](OC(C)=O)[C@H](OC(C)=O)[C@@H]1C. The standard InChI is InChI=1S/C14H24O6S.C13H21FO5S.C13H22O6S/c1-6-21-14-8(2)12(18-9(3)15)13(19-10(4)16)11(20-14)7-17-5;2*1-5-20-13-7(2)11(17-8(3)15)12(18-9(4)16)10(6-14)19-13/h8,11-14H,6-7H2,1-5H3;7,10-13H,5-6H2,1-4H3;7,10-14H,5-6H2,1-4H3/t8-,11?,12+,13+,14?;2*7-,10?,11+,12+,13?/m000/s1. The van der Waals surface area contributed by atoms with Crippen molar-refractivity contribution in [2.24, 2.45) is 17.8 Å². The molecule has 0 spiro atoms. The summed E-state index contributed by atoms with van der Waals surface area (Å²) in [5.74, 6) is -0.749. The minimum atomic E-state index is -0.913. The van der Waals surface area contributed by atoms with Crippen LogP contribution in [-0.2, 0) is 76.1 Å². The fourth-order valence-electron chi connectivity index (χ4n) is 6.86. The van der Waals surface area contributed by atoms with Gasteiger partial charge in [-0.2, -0.15) is 0 Å². The molecular formula is C40H67FO17S3. The van der Waals surface area contributed by atoms with Crippen LogP contribution in [0.3, 0.4) is 0 Å². The molecule has 17 nitrogen and oxygen atoms in total. The van der Waals surface area contributed by atoms with Crippen LogP contribution in [0.1, 0.15) is 83.1 Å². The zero-order valence-corrected chi connectivity index (χ0v) is 39.9. The molecule has 3 heterocycles. The Hall–Kier alpha value is -2.40. The smallest absolute Gasteiger partial charge is 0.303 e. The van der Waals surface area contributed by atoms with Gasteiger partial charge >= 0.3 is 35.8 Å². The van der Waals surface area contributed by atoms with E-state index in [-0.39, 0.29) is 47.3 Å². The van der Waals surface area contributed by atoms with Crippen LogP contribution in [0.25, 0.3) is 0 Å². The van der Waals surface area contributed by atoms with E-state index in [9.17, 15) is 38.3 Å². The molecule has 0 aliphatic carbocycles. The Morgan fingerprint density at radius 3 is 1.02 bits per heavy atom. The van der Waals surface area contributed by atoms with E-state index < -0.39 is 97.4 Å². The number of halogens is 1. The highest BCUT2D eigenvalue weighted by Crippen LogP contribution is 2.38. The predicted octanol–water partition coefficient (Wildman–Crippen LogP) is 4.50. The lowest BCUT2D eigenvalue weighted by atomic mass is 9.93. The van der Waals surface area contributed by atoms with Crippen molar-refractivity contribution in [3.8, 4) is 0 Å². The molecule has 3 rings (SSSR count). The maximum Gasteiger partial charge on any atom is 0.303 e. The Kier molecular flexibility index (Phi) is 27.0. The zero-order chi connectivity index (χ0) is 46.6. The van der Waals surface area contributed by atoms with Gasteiger partial charge in [0.15, 0.2) is 18.3 Å². The highest BCUT2D eigenvalue weighted by Gasteiger charge is 2.50.